The van der Waals surface area contributed by atoms with Gasteiger partial charge in [-0.2, -0.15) is 0 Å². The summed E-state index contributed by atoms with van der Waals surface area (Å²) in [6.07, 6.45) is 0.882. The monoisotopic (exact) mass is 295 g/mol. The minimum Gasteiger partial charge on any atom is -0.493 e. The van der Waals surface area contributed by atoms with Crippen molar-refractivity contribution in [3.63, 3.8) is 0 Å². The highest BCUT2D eigenvalue weighted by molar-refractivity contribution is 5.84. The fourth-order valence-corrected chi connectivity index (χ4v) is 2.54. The quantitative estimate of drug-likeness (QED) is 0.802. The van der Waals surface area contributed by atoms with Crippen molar-refractivity contribution in [2.24, 2.45) is 0 Å². The molecule has 1 aromatic heterocycles. The van der Waals surface area contributed by atoms with Crippen molar-refractivity contribution in [3.8, 4) is 11.5 Å². The number of hydrogen-bond acceptors (Lipinski definition) is 4. The van der Waals surface area contributed by atoms with Crippen LogP contribution >= 0.6 is 0 Å². The van der Waals surface area contributed by atoms with Gasteiger partial charge >= 0.3 is 0 Å². The summed E-state index contributed by atoms with van der Waals surface area (Å²) in [6.45, 7) is 0. The highest BCUT2D eigenvalue weighted by Gasteiger charge is 2.17. The summed E-state index contributed by atoms with van der Waals surface area (Å²) >= 11 is 0. The Labute approximate surface area is 129 Å². The average Bonchev–Trinajstić information content (AvgIpc) is 2.60. The number of methoxy groups -OCH3 is 2. The van der Waals surface area contributed by atoms with E-state index in [1.807, 2.05) is 36.4 Å². The third kappa shape index (κ3) is 2.49. The Morgan fingerprint density at radius 2 is 1.73 bits per heavy atom. The van der Waals surface area contributed by atoms with Gasteiger partial charge in [0.1, 0.15) is 6.10 Å². The fraction of sp³-hybridized carbons (Fsp3) is 0.167. The maximum atomic E-state index is 10.7. The van der Waals surface area contributed by atoms with E-state index in [9.17, 15) is 5.11 Å². The van der Waals surface area contributed by atoms with Crippen LogP contribution in [0.4, 0.5) is 0 Å². The van der Waals surface area contributed by atoms with Crippen molar-refractivity contribution in [2.75, 3.05) is 14.2 Å². The third-order valence-corrected chi connectivity index (χ3v) is 3.69. The summed E-state index contributed by atoms with van der Waals surface area (Å²) in [7, 11) is 3.16. The van der Waals surface area contributed by atoms with Crippen molar-refractivity contribution in [2.45, 2.75) is 6.10 Å². The highest BCUT2D eigenvalue weighted by Crippen LogP contribution is 2.33. The first kappa shape index (κ1) is 14.4. The lowest BCUT2D eigenvalue weighted by Gasteiger charge is -2.15. The molecule has 0 radical (unpaired) electrons. The lowest BCUT2D eigenvalue weighted by atomic mass is 10.0. The van der Waals surface area contributed by atoms with Gasteiger partial charge in [0.25, 0.3) is 0 Å². The third-order valence-electron chi connectivity index (χ3n) is 3.69. The van der Waals surface area contributed by atoms with Crippen molar-refractivity contribution >= 4 is 10.8 Å². The molecule has 0 bridgehead atoms. The number of benzene rings is 2. The van der Waals surface area contributed by atoms with E-state index < -0.39 is 6.10 Å². The van der Waals surface area contributed by atoms with E-state index in [4.69, 9.17) is 9.47 Å². The minimum atomic E-state index is -0.828. The molecule has 1 atom stereocenters. The Morgan fingerprint density at radius 1 is 0.955 bits per heavy atom. The van der Waals surface area contributed by atoms with Crippen molar-refractivity contribution < 1.29 is 14.6 Å². The molecule has 4 heteroatoms. The predicted octanol–water partition coefficient (Wildman–Crippen LogP) is 3.33. The highest BCUT2D eigenvalue weighted by atomic mass is 16.5. The van der Waals surface area contributed by atoms with Gasteiger partial charge in [-0.15, -0.1) is 0 Å². The van der Waals surface area contributed by atoms with E-state index in [0.717, 1.165) is 10.8 Å². The molecule has 0 aliphatic rings. The summed E-state index contributed by atoms with van der Waals surface area (Å²) < 4.78 is 10.5. The SMILES string of the molecule is COc1ccc(C(O)c2nccc3ccccc23)cc1OC. The minimum absolute atomic E-state index is 0.583. The zero-order valence-electron chi connectivity index (χ0n) is 12.5. The van der Waals surface area contributed by atoms with Crippen LogP contribution in [-0.4, -0.2) is 24.3 Å². The molecule has 0 amide bonds. The van der Waals surface area contributed by atoms with Gasteiger partial charge in [-0.05, 0) is 29.1 Å². The maximum Gasteiger partial charge on any atom is 0.161 e. The number of pyridine rings is 1. The van der Waals surface area contributed by atoms with Gasteiger partial charge in [0.2, 0.25) is 0 Å². The Hall–Kier alpha value is -2.59. The molecule has 0 saturated heterocycles. The summed E-state index contributed by atoms with van der Waals surface area (Å²) in [6, 6.07) is 15.2. The Morgan fingerprint density at radius 3 is 2.50 bits per heavy atom. The van der Waals surface area contributed by atoms with Crippen molar-refractivity contribution in [3.05, 3.63) is 66.0 Å². The molecule has 3 aromatic rings. The Bertz CT molecular complexity index is 796. The molecule has 0 spiro atoms. The molecule has 112 valence electrons. The number of ether oxygens (including phenoxy) is 2. The average molecular weight is 295 g/mol. The molecule has 0 fully saturated rings. The van der Waals surface area contributed by atoms with Gasteiger partial charge in [-0.25, -0.2) is 0 Å². The smallest absolute Gasteiger partial charge is 0.161 e. The van der Waals surface area contributed by atoms with E-state index in [2.05, 4.69) is 4.98 Å². The second-order valence-electron chi connectivity index (χ2n) is 4.93. The molecule has 22 heavy (non-hydrogen) atoms. The summed E-state index contributed by atoms with van der Waals surface area (Å²) in [5.41, 5.74) is 1.34. The van der Waals surface area contributed by atoms with Gasteiger partial charge in [0.05, 0.1) is 19.9 Å². The zero-order valence-corrected chi connectivity index (χ0v) is 12.5. The maximum absolute atomic E-state index is 10.7. The number of aliphatic hydroxyl groups excluding tert-OH is 1. The fourth-order valence-electron chi connectivity index (χ4n) is 2.54. The second kappa shape index (κ2) is 6.03. The predicted molar refractivity (Wildman–Crippen MR) is 85.4 cm³/mol. The molecule has 0 saturated carbocycles. The van der Waals surface area contributed by atoms with Crippen LogP contribution in [0.2, 0.25) is 0 Å². The van der Waals surface area contributed by atoms with Crippen LogP contribution in [0.5, 0.6) is 11.5 Å². The van der Waals surface area contributed by atoms with Gasteiger partial charge in [-0.3, -0.25) is 4.98 Å². The molecule has 1 heterocycles. The van der Waals surface area contributed by atoms with Crippen molar-refractivity contribution in [1.82, 2.24) is 4.98 Å². The molecule has 2 aromatic carbocycles. The first-order valence-corrected chi connectivity index (χ1v) is 6.98. The molecule has 3 rings (SSSR count). The molecule has 4 nitrogen and oxygen atoms in total. The van der Waals surface area contributed by atoms with E-state index in [-0.39, 0.29) is 0 Å². The van der Waals surface area contributed by atoms with E-state index in [0.29, 0.717) is 22.8 Å². The topological polar surface area (TPSA) is 51.6 Å². The van der Waals surface area contributed by atoms with Gasteiger partial charge < -0.3 is 14.6 Å². The van der Waals surface area contributed by atoms with Gasteiger partial charge in [0, 0.05) is 11.6 Å². The van der Waals surface area contributed by atoms with E-state index >= 15 is 0 Å². The zero-order chi connectivity index (χ0) is 15.5. The van der Waals surface area contributed by atoms with E-state index in [1.54, 1.807) is 32.5 Å². The number of nitrogens with zero attached hydrogens (tertiary/aromatic N) is 1. The standard InChI is InChI=1S/C18H17NO3/c1-21-15-8-7-13(11-16(15)22-2)18(20)17-14-6-4-3-5-12(14)9-10-19-17/h3-11,18,20H,1-2H3. The summed E-state index contributed by atoms with van der Waals surface area (Å²) in [4.78, 5) is 4.36. The van der Waals surface area contributed by atoms with Crippen LogP contribution in [-0.2, 0) is 0 Å². The van der Waals surface area contributed by atoms with E-state index in [1.165, 1.54) is 0 Å². The lowest BCUT2D eigenvalue weighted by molar-refractivity contribution is 0.216. The largest absolute Gasteiger partial charge is 0.493 e. The van der Waals surface area contributed by atoms with Crippen LogP contribution < -0.4 is 9.47 Å². The van der Waals surface area contributed by atoms with Crippen LogP contribution in [0.3, 0.4) is 0 Å². The second-order valence-corrected chi connectivity index (χ2v) is 4.93. The summed E-state index contributed by atoms with van der Waals surface area (Å²) in [5.74, 6) is 1.21. The first-order chi connectivity index (χ1) is 10.7. The Kier molecular flexibility index (Phi) is 3.94. The molecule has 0 aliphatic carbocycles. The number of fused-ring (bicyclic) bond motifs is 1. The summed E-state index contributed by atoms with van der Waals surface area (Å²) in [5, 5.41) is 12.7. The van der Waals surface area contributed by atoms with Crippen LogP contribution in [0.25, 0.3) is 10.8 Å². The lowest BCUT2D eigenvalue weighted by Crippen LogP contribution is -2.04. The van der Waals surface area contributed by atoms with Gasteiger partial charge in [-0.1, -0.05) is 30.3 Å². The number of rotatable bonds is 4. The van der Waals surface area contributed by atoms with Crippen LogP contribution in [0.1, 0.15) is 17.4 Å². The molecular weight excluding hydrogens is 278 g/mol. The first-order valence-electron chi connectivity index (χ1n) is 6.98. The number of aliphatic hydroxyl groups is 1. The number of aromatic nitrogens is 1. The van der Waals surface area contributed by atoms with Crippen molar-refractivity contribution in [1.29, 1.82) is 0 Å². The van der Waals surface area contributed by atoms with Crippen LogP contribution in [0.15, 0.2) is 54.7 Å². The molecular formula is C18H17NO3. The molecule has 1 unspecified atom stereocenters. The molecule has 1 N–H and O–H groups in total. The van der Waals surface area contributed by atoms with Gasteiger partial charge in [0.15, 0.2) is 11.5 Å². The Balaban J connectivity index is 2.08. The van der Waals surface area contributed by atoms with Crippen LogP contribution in [0, 0.1) is 0 Å². The molecule has 0 aliphatic heterocycles. The number of hydrogen-bond donors (Lipinski definition) is 1. The normalized spacial score (nSPS) is 12.1.